The molecule has 0 radical (unpaired) electrons. The monoisotopic (exact) mass is 395 g/mol. The number of esters is 1. The minimum absolute atomic E-state index is 0.0375. The smallest absolute Gasteiger partial charge is 0.308 e. The number of amides is 2. The Morgan fingerprint density at radius 1 is 1.41 bits per heavy atom. The molecule has 7 nitrogen and oxygen atoms in total. The maximum Gasteiger partial charge on any atom is 0.308 e. The average Bonchev–Trinajstić information content (AvgIpc) is 2.63. The van der Waals surface area contributed by atoms with Gasteiger partial charge in [0.2, 0.25) is 5.91 Å². The number of hydrogen-bond acceptors (Lipinski definition) is 5. The molecule has 1 aromatic carbocycles. The molecule has 1 saturated heterocycles. The normalized spacial score (nSPS) is 16.4. The Bertz CT molecular complexity index is 728. The van der Waals surface area contributed by atoms with E-state index >= 15 is 0 Å². The summed E-state index contributed by atoms with van der Waals surface area (Å²) < 4.78 is 18.8. The van der Waals surface area contributed by atoms with Gasteiger partial charge in [0, 0.05) is 13.1 Å². The predicted molar refractivity (Wildman–Crippen MR) is 100 cm³/mol. The summed E-state index contributed by atoms with van der Waals surface area (Å²) in [4.78, 5) is 37.9. The van der Waals surface area contributed by atoms with Gasteiger partial charge in [0.25, 0.3) is 5.91 Å². The molecule has 2 N–H and O–H groups in total. The van der Waals surface area contributed by atoms with E-state index in [1.54, 1.807) is 0 Å². The van der Waals surface area contributed by atoms with E-state index in [0.29, 0.717) is 13.1 Å². The minimum Gasteiger partial charge on any atom is -0.466 e. The van der Waals surface area contributed by atoms with Crippen molar-refractivity contribution in [2.75, 3.05) is 19.7 Å². The van der Waals surface area contributed by atoms with Gasteiger partial charge in [0.1, 0.15) is 11.9 Å². The quantitative estimate of drug-likeness (QED) is 0.430. The molecule has 0 saturated carbocycles. The zero-order valence-electron chi connectivity index (χ0n) is 15.0. The molecule has 1 atom stereocenters. The van der Waals surface area contributed by atoms with Crippen molar-refractivity contribution in [1.29, 1.82) is 0 Å². The van der Waals surface area contributed by atoms with Gasteiger partial charge >= 0.3 is 5.97 Å². The van der Waals surface area contributed by atoms with Gasteiger partial charge in [-0.25, -0.2) is 4.39 Å². The summed E-state index contributed by atoms with van der Waals surface area (Å²) >= 11 is 5.22. The van der Waals surface area contributed by atoms with E-state index in [4.69, 9.17) is 17.0 Å². The highest BCUT2D eigenvalue weighted by Gasteiger charge is 2.34. The molecule has 1 aliphatic heterocycles. The second kappa shape index (κ2) is 9.96. The molecule has 2 rings (SSSR count). The lowest BCUT2D eigenvalue weighted by Crippen LogP contribution is -2.60. The van der Waals surface area contributed by atoms with Gasteiger partial charge in [-0.15, -0.1) is 0 Å². The van der Waals surface area contributed by atoms with E-state index in [-0.39, 0.29) is 29.6 Å². The van der Waals surface area contributed by atoms with Crippen LogP contribution in [0.25, 0.3) is 0 Å². The van der Waals surface area contributed by atoms with Crippen LogP contribution in [0.1, 0.15) is 36.5 Å². The standard InChI is InChI=1S/C18H22FN3O4S/c1-2-3-10-26-15(23)11-14-17(25)20-8-9-22(14)18(27)21-16(24)12-6-4-5-7-13(12)19/h4-7,14H,2-3,8-11H2,1H3,(H,20,25)(H,21,24,27)/t14-/m0/s1. The van der Waals surface area contributed by atoms with E-state index < -0.39 is 23.7 Å². The highest BCUT2D eigenvalue weighted by Crippen LogP contribution is 2.12. The number of carbonyl (C=O) groups is 3. The molecule has 0 aliphatic carbocycles. The first kappa shape index (κ1) is 20.8. The average molecular weight is 395 g/mol. The van der Waals surface area contributed by atoms with Crippen molar-refractivity contribution in [3.63, 3.8) is 0 Å². The van der Waals surface area contributed by atoms with Gasteiger partial charge in [-0.1, -0.05) is 25.5 Å². The fourth-order valence-corrected chi connectivity index (χ4v) is 2.90. The molecule has 27 heavy (non-hydrogen) atoms. The Balaban J connectivity index is 2.03. The van der Waals surface area contributed by atoms with Crippen LogP contribution in [-0.2, 0) is 14.3 Å². The minimum atomic E-state index is -0.888. The van der Waals surface area contributed by atoms with E-state index in [1.807, 2.05) is 6.92 Å². The summed E-state index contributed by atoms with van der Waals surface area (Å²) in [6.07, 6.45) is 1.43. The first-order chi connectivity index (χ1) is 12.9. The lowest BCUT2D eigenvalue weighted by atomic mass is 10.1. The SMILES string of the molecule is CCCCOC(=O)C[C@H]1C(=O)NCCN1C(=S)NC(=O)c1ccccc1F. The third kappa shape index (κ3) is 5.72. The van der Waals surface area contributed by atoms with Crippen LogP contribution in [0.2, 0.25) is 0 Å². The number of carbonyl (C=O) groups excluding carboxylic acids is 3. The van der Waals surface area contributed by atoms with Crippen molar-refractivity contribution in [1.82, 2.24) is 15.5 Å². The highest BCUT2D eigenvalue weighted by molar-refractivity contribution is 7.80. The Morgan fingerprint density at radius 3 is 2.85 bits per heavy atom. The van der Waals surface area contributed by atoms with Crippen LogP contribution < -0.4 is 10.6 Å². The maximum absolute atomic E-state index is 13.7. The number of ether oxygens (including phenoxy) is 1. The van der Waals surface area contributed by atoms with Gasteiger partial charge in [-0.05, 0) is 30.8 Å². The fourth-order valence-electron chi connectivity index (χ4n) is 2.59. The first-order valence-electron chi connectivity index (χ1n) is 8.73. The van der Waals surface area contributed by atoms with Crippen molar-refractivity contribution in [3.05, 3.63) is 35.6 Å². The lowest BCUT2D eigenvalue weighted by Gasteiger charge is -2.36. The topological polar surface area (TPSA) is 87.7 Å². The largest absolute Gasteiger partial charge is 0.466 e. The first-order valence-corrected chi connectivity index (χ1v) is 9.14. The number of thiocarbonyl (C=S) groups is 1. The van der Waals surface area contributed by atoms with Crippen molar-refractivity contribution in [2.24, 2.45) is 0 Å². The number of halogens is 1. The predicted octanol–water partition coefficient (Wildman–Crippen LogP) is 1.37. The van der Waals surface area contributed by atoms with Crippen LogP contribution in [0.5, 0.6) is 0 Å². The Hall–Kier alpha value is -2.55. The Kier molecular flexibility index (Phi) is 7.66. The van der Waals surface area contributed by atoms with Gasteiger partial charge in [0.05, 0.1) is 18.6 Å². The number of piperazine rings is 1. The molecule has 1 aliphatic rings. The summed E-state index contributed by atoms with van der Waals surface area (Å²) in [7, 11) is 0. The molecule has 0 aromatic heterocycles. The van der Waals surface area contributed by atoms with Crippen LogP contribution in [0.4, 0.5) is 4.39 Å². The summed E-state index contributed by atoms with van der Waals surface area (Å²) in [5.74, 6) is -2.28. The highest BCUT2D eigenvalue weighted by atomic mass is 32.1. The zero-order valence-corrected chi connectivity index (χ0v) is 15.8. The second-order valence-corrected chi connectivity index (χ2v) is 6.40. The number of benzene rings is 1. The van der Waals surface area contributed by atoms with E-state index in [2.05, 4.69) is 10.6 Å². The van der Waals surface area contributed by atoms with E-state index in [9.17, 15) is 18.8 Å². The molecule has 0 spiro atoms. The lowest BCUT2D eigenvalue weighted by molar-refractivity contribution is -0.147. The van der Waals surface area contributed by atoms with Crippen LogP contribution in [0, 0.1) is 5.82 Å². The van der Waals surface area contributed by atoms with Crippen molar-refractivity contribution in [2.45, 2.75) is 32.2 Å². The molecule has 0 unspecified atom stereocenters. The maximum atomic E-state index is 13.7. The van der Waals surface area contributed by atoms with E-state index in [1.165, 1.54) is 29.2 Å². The van der Waals surface area contributed by atoms with Crippen molar-refractivity contribution < 1.29 is 23.5 Å². The number of unbranched alkanes of at least 4 members (excludes halogenated alkanes) is 1. The Labute approximate surface area is 162 Å². The van der Waals surface area contributed by atoms with Gasteiger partial charge in [0.15, 0.2) is 5.11 Å². The molecule has 0 bridgehead atoms. The van der Waals surface area contributed by atoms with Crippen molar-refractivity contribution >= 4 is 35.1 Å². The second-order valence-electron chi connectivity index (χ2n) is 6.02. The molecule has 1 fully saturated rings. The van der Waals surface area contributed by atoms with Crippen LogP contribution in [-0.4, -0.2) is 53.5 Å². The molecule has 2 amide bonds. The molecule has 1 heterocycles. The Morgan fingerprint density at radius 2 is 2.15 bits per heavy atom. The summed E-state index contributed by atoms with van der Waals surface area (Å²) in [6.45, 7) is 2.89. The molecule has 1 aromatic rings. The van der Waals surface area contributed by atoms with Crippen molar-refractivity contribution in [3.8, 4) is 0 Å². The molecular weight excluding hydrogens is 373 g/mol. The van der Waals surface area contributed by atoms with Gasteiger partial charge in [-0.3, -0.25) is 19.7 Å². The number of nitrogens with zero attached hydrogens (tertiary/aromatic N) is 1. The van der Waals surface area contributed by atoms with Crippen LogP contribution >= 0.6 is 12.2 Å². The van der Waals surface area contributed by atoms with Gasteiger partial charge < -0.3 is 15.0 Å². The molecule has 146 valence electrons. The summed E-state index contributed by atoms with van der Waals surface area (Å²) in [5, 5.41) is 5.05. The van der Waals surface area contributed by atoms with E-state index in [0.717, 1.165) is 12.8 Å². The van der Waals surface area contributed by atoms with Crippen LogP contribution in [0.15, 0.2) is 24.3 Å². The number of hydrogen-bond donors (Lipinski definition) is 2. The zero-order chi connectivity index (χ0) is 19.8. The van der Waals surface area contributed by atoms with Crippen LogP contribution in [0.3, 0.4) is 0 Å². The van der Waals surface area contributed by atoms with Gasteiger partial charge in [-0.2, -0.15) is 0 Å². The summed E-state index contributed by atoms with van der Waals surface area (Å²) in [6, 6.07) is 4.62. The summed E-state index contributed by atoms with van der Waals surface area (Å²) in [5.41, 5.74) is -0.156. The molecular formula is C18H22FN3O4S. The fraction of sp³-hybridized carbons (Fsp3) is 0.444. The third-order valence-corrected chi connectivity index (χ3v) is 4.39. The third-order valence-electron chi connectivity index (χ3n) is 4.05. The molecule has 9 heteroatoms. The number of rotatable bonds is 6. The number of nitrogens with one attached hydrogen (secondary N) is 2.